The van der Waals surface area contributed by atoms with Gasteiger partial charge in [-0.3, -0.25) is 9.69 Å². The quantitative estimate of drug-likeness (QED) is 0.341. The molecule has 0 unspecified atom stereocenters. The lowest BCUT2D eigenvalue weighted by molar-refractivity contribution is -0.142. The van der Waals surface area contributed by atoms with Crippen LogP contribution < -0.4 is 0 Å². The van der Waals surface area contributed by atoms with Crippen molar-refractivity contribution in [1.82, 2.24) is 4.90 Å². The van der Waals surface area contributed by atoms with E-state index in [-0.39, 0.29) is 5.97 Å². The Labute approximate surface area is 132 Å². The molecule has 0 atom stereocenters. The molecule has 0 amide bonds. The van der Waals surface area contributed by atoms with Gasteiger partial charge in [-0.25, -0.2) is 0 Å². The molecule has 0 N–H and O–H groups in total. The van der Waals surface area contributed by atoms with Gasteiger partial charge in [-0.1, -0.05) is 64.7 Å². The van der Waals surface area contributed by atoms with Crippen molar-refractivity contribution >= 4 is 5.97 Å². The molecule has 0 aliphatic rings. The molecule has 0 aromatic heterocycles. The molecule has 21 heavy (non-hydrogen) atoms. The van der Waals surface area contributed by atoms with Crippen LogP contribution in [-0.2, 0) is 9.53 Å². The van der Waals surface area contributed by atoms with E-state index in [4.69, 9.17) is 4.74 Å². The second-order valence-electron chi connectivity index (χ2n) is 6.32. The molecule has 3 heteroatoms. The number of ether oxygens (including phenoxy) is 1. The summed E-state index contributed by atoms with van der Waals surface area (Å²) in [5.41, 5.74) is 0. The van der Waals surface area contributed by atoms with Crippen LogP contribution in [0, 0.1) is 0 Å². The van der Waals surface area contributed by atoms with Crippen molar-refractivity contribution in [3.8, 4) is 0 Å². The van der Waals surface area contributed by atoms with Crippen LogP contribution in [-0.4, -0.2) is 37.1 Å². The summed E-state index contributed by atoms with van der Waals surface area (Å²) < 4.78 is 4.75. The van der Waals surface area contributed by atoms with Gasteiger partial charge >= 0.3 is 5.97 Å². The maximum absolute atomic E-state index is 11.3. The highest BCUT2D eigenvalue weighted by Gasteiger charge is 2.13. The van der Waals surface area contributed by atoms with Crippen LogP contribution >= 0.6 is 0 Å². The minimum Gasteiger partial charge on any atom is -0.468 e. The molecule has 0 heterocycles. The summed E-state index contributed by atoms with van der Waals surface area (Å²) in [4.78, 5) is 13.5. The predicted octanol–water partition coefficient (Wildman–Crippen LogP) is 4.79. The summed E-state index contributed by atoms with van der Waals surface area (Å²) in [5.74, 6) is -0.129. The molecule has 0 aromatic rings. The van der Waals surface area contributed by atoms with E-state index in [1.165, 1.54) is 71.3 Å². The molecule has 0 aliphatic heterocycles. The van der Waals surface area contributed by atoms with Gasteiger partial charge in [0.25, 0.3) is 0 Å². The first-order valence-corrected chi connectivity index (χ1v) is 8.92. The van der Waals surface area contributed by atoms with Crippen molar-refractivity contribution in [2.45, 2.75) is 91.0 Å². The Morgan fingerprint density at radius 3 is 1.81 bits per heavy atom. The molecule has 0 saturated heterocycles. The van der Waals surface area contributed by atoms with Crippen molar-refractivity contribution in [3.63, 3.8) is 0 Å². The molecule has 0 aliphatic carbocycles. The van der Waals surface area contributed by atoms with Crippen LogP contribution in [0.25, 0.3) is 0 Å². The molecular formula is C18H37NO2. The average molecular weight is 299 g/mol. The summed E-state index contributed by atoms with van der Waals surface area (Å²) in [5, 5.41) is 0. The Balaban J connectivity index is 3.48. The Morgan fingerprint density at radius 2 is 1.38 bits per heavy atom. The summed E-state index contributed by atoms with van der Waals surface area (Å²) in [6, 6.07) is 0.405. The van der Waals surface area contributed by atoms with Crippen molar-refractivity contribution in [1.29, 1.82) is 0 Å². The summed E-state index contributed by atoms with van der Waals surface area (Å²) in [7, 11) is 1.46. The predicted molar refractivity (Wildman–Crippen MR) is 90.6 cm³/mol. The minimum absolute atomic E-state index is 0.129. The van der Waals surface area contributed by atoms with Crippen molar-refractivity contribution in [3.05, 3.63) is 0 Å². The number of hydrogen-bond acceptors (Lipinski definition) is 3. The molecule has 0 spiro atoms. The first-order valence-electron chi connectivity index (χ1n) is 8.92. The fraction of sp³-hybridized carbons (Fsp3) is 0.944. The number of nitrogens with zero attached hydrogens (tertiary/aromatic N) is 1. The van der Waals surface area contributed by atoms with Gasteiger partial charge < -0.3 is 4.74 Å². The molecule has 0 rings (SSSR count). The van der Waals surface area contributed by atoms with E-state index >= 15 is 0 Å². The summed E-state index contributed by atoms with van der Waals surface area (Å²) in [6.45, 7) is 7.97. The third kappa shape index (κ3) is 12.9. The second-order valence-corrected chi connectivity index (χ2v) is 6.32. The van der Waals surface area contributed by atoms with Gasteiger partial charge in [0, 0.05) is 6.04 Å². The van der Waals surface area contributed by atoms with Crippen LogP contribution in [0.5, 0.6) is 0 Å². The number of unbranched alkanes of at least 4 members (excludes halogenated alkanes) is 9. The smallest absolute Gasteiger partial charge is 0.319 e. The number of hydrogen-bond donors (Lipinski definition) is 0. The van der Waals surface area contributed by atoms with Crippen LogP contribution in [0.2, 0.25) is 0 Å². The van der Waals surface area contributed by atoms with Gasteiger partial charge in [-0.05, 0) is 26.8 Å². The number of esters is 1. The molecule has 0 aromatic carbocycles. The molecular weight excluding hydrogens is 262 g/mol. The van der Waals surface area contributed by atoms with Crippen LogP contribution in [0.1, 0.15) is 85.0 Å². The van der Waals surface area contributed by atoms with Crippen molar-refractivity contribution in [2.75, 3.05) is 20.2 Å². The zero-order valence-electron chi connectivity index (χ0n) is 14.8. The van der Waals surface area contributed by atoms with E-state index in [1.54, 1.807) is 0 Å². The number of carbonyl (C=O) groups excluding carboxylic acids is 1. The topological polar surface area (TPSA) is 29.5 Å². The number of methoxy groups -OCH3 is 1. The van der Waals surface area contributed by atoms with E-state index in [2.05, 4.69) is 25.7 Å². The fourth-order valence-corrected chi connectivity index (χ4v) is 2.55. The molecule has 0 bridgehead atoms. The molecule has 0 radical (unpaired) electrons. The lowest BCUT2D eigenvalue weighted by atomic mass is 10.1. The Hall–Kier alpha value is -0.570. The van der Waals surface area contributed by atoms with E-state index in [0.29, 0.717) is 12.6 Å². The SMILES string of the molecule is CCCCCCCCCCCCN(CC(=O)OC)C(C)C. The highest BCUT2D eigenvalue weighted by molar-refractivity contribution is 5.71. The lowest BCUT2D eigenvalue weighted by Gasteiger charge is -2.24. The second kappa shape index (κ2) is 14.4. The lowest BCUT2D eigenvalue weighted by Crippen LogP contribution is -2.36. The third-order valence-corrected chi connectivity index (χ3v) is 4.09. The minimum atomic E-state index is -0.129. The Bertz CT molecular complexity index is 241. The van der Waals surface area contributed by atoms with Gasteiger partial charge in [-0.2, -0.15) is 0 Å². The monoisotopic (exact) mass is 299 g/mol. The highest BCUT2D eigenvalue weighted by Crippen LogP contribution is 2.11. The van der Waals surface area contributed by atoms with E-state index in [1.807, 2.05) is 0 Å². The van der Waals surface area contributed by atoms with E-state index < -0.39 is 0 Å². The van der Waals surface area contributed by atoms with Gasteiger partial charge in [0.05, 0.1) is 13.7 Å². The molecule has 0 fully saturated rings. The molecule has 0 saturated carbocycles. The van der Waals surface area contributed by atoms with Crippen LogP contribution in [0.3, 0.4) is 0 Å². The zero-order chi connectivity index (χ0) is 15.9. The van der Waals surface area contributed by atoms with E-state index in [9.17, 15) is 4.79 Å². The number of rotatable bonds is 14. The van der Waals surface area contributed by atoms with Crippen LogP contribution in [0.4, 0.5) is 0 Å². The zero-order valence-corrected chi connectivity index (χ0v) is 14.8. The van der Waals surface area contributed by atoms with Crippen molar-refractivity contribution < 1.29 is 9.53 Å². The normalized spacial score (nSPS) is 11.3. The first-order chi connectivity index (χ1) is 10.1. The maximum Gasteiger partial charge on any atom is 0.319 e. The largest absolute Gasteiger partial charge is 0.468 e. The summed E-state index contributed by atoms with van der Waals surface area (Å²) in [6.07, 6.45) is 13.5. The Morgan fingerprint density at radius 1 is 0.905 bits per heavy atom. The van der Waals surface area contributed by atoms with Gasteiger partial charge in [-0.15, -0.1) is 0 Å². The highest BCUT2D eigenvalue weighted by atomic mass is 16.5. The van der Waals surface area contributed by atoms with Gasteiger partial charge in [0.1, 0.15) is 0 Å². The Kier molecular flexibility index (Phi) is 14.0. The third-order valence-electron chi connectivity index (χ3n) is 4.09. The average Bonchev–Trinajstić information content (AvgIpc) is 2.47. The summed E-state index contributed by atoms with van der Waals surface area (Å²) >= 11 is 0. The standard InChI is InChI=1S/C18H37NO2/c1-5-6-7-8-9-10-11-12-13-14-15-19(17(2)3)16-18(20)21-4/h17H,5-16H2,1-4H3. The fourth-order valence-electron chi connectivity index (χ4n) is 2.55. The maximum atomic E-state index is 11.3. The molecule has 126 valence electrons. The van der Waals surface area contributed by atoms with Crippen molar-refractivity contribution in [2.24, 2.45) is 0 Å². The van der Waals surface area contributed by atoms with Gasteiger partial charge in [0.2, 0.25) is 0 Å². The first kappa shape index (κ1) is 20.4. The number of carbonyl (C=O) groups is 1. The van der Waals surface area contributed by atoms with Crippen LogP contribution in [0.15, 0.2) is 0 Å². The van der Waals surface area contributed by atoms with Gasteiger partial charge in [0.15, 0.2) is 0 Å². The molecule has 3 nitrogen and oxygen atoms in total. The van der Waals surface area contributed by atoms with E-state index in [0.717, 1.165) is 6.54 Å².